The number of nitrogens with one attached hydrogen (secondary N) is 2. The fourth-order valence-corrected chi connectivity index (χ4v) is 4.98. The number of hydrogen-bond acceptors (Lipinski definition) is 5. The lowest BCUT2D eigenvalue weighted by molar-refractivity contribution is -0.126. The fraction of sp³-hybridized carbons (Fsp3) is 0.0833. The fourth-order valence-electron chi connectivity index (χ4n) is 2.73. The number of nitrogens with zero attached hydrogens (tertiary/aromatic N) is 2. The summed E-state index contributed by atoms with van der Waals surface area (Å²) >= 11 is 10.2. The van der Waals surface area contributed by atoms with Crippen molar-refractivity contribution in [3.63, 3.8) is 0 Å². The van der Waals surface area contributed by atoms with Crippen molar-refractivity contribution in [1.29, 1.82) is 5.26 Å². The number of carbonyl (C=O) groups excluding carboxylic acids is 2. The van der Waals surface area contributed by atoms with Gasteiger partial charge in [0.15, 0.2) is 0 Å². The first kappa shape index (κ1) is 25.9. The normalized spacial score (nSPS) is 10.5. The quantitative estimate of drug-likeness (QED) is 0.141. The predicted molar refractivity (Wildman–Crippen MR) is 148 cm³/mol. The monoisotopic (exact) mass is 698 g/mol. The van der Waals surface area contributed by atoms with Gasteiger partial charge >= 0.3 is 0 Å². The van der Waals surface area contributed by atoms with E-state index in [2.05, 4.69) is 67.1 Å². The van der Waals surface area contributed by atoms with E-state index in [0.717, 1.165) is 24.0 Å². The van der Waals surface area contributed by atoms with Gasteiger partial charge in [-0.3, -0.25) is 9.59 Å². The van der Waals surface area contributed by atoms with E-state index >= 15 is 0 Å². The minimum atomic E-state index is -0.533. The maximum Gasteiger partial charge on any atom is 0.249 e. The Morgan fingerprint density at radius 3 is 2.29 bits per heavy atom. The van der Waals surface area contributed by atoms with Gasteiger partial charge in [0.2, 0.25) is 11.8 Å². The molecule has 3 aromatic rings. The van der Waals surface area contributed by atoms with Gasteiger partial charge in [-0.1, -0.05) is 23.7 Å². The van der Waals surface area contributed by atoms with Crippen molar-refractivity contribution in [2.24, 2.45) is 5.10 Å². The van der Waals surface area contributed by atoms with Crippen LogP contribution in [0.25, 0.3) is 0 Å². The van der Waals surface area contributed by atoms with E-state index < -0.39 is 11.8 Å². The Hall–Kier alpha value is -2.69. The molecule has 0 saturated carbocycles. The Kier molecular flexibility index (Phi) is 9.67. The predicted octanol–water partition coefficient (Wildman–Crippen LogP) is 5.48. The highest BCUT2D eigenvalue weighted by molar-refractivity contribution is 14.1. The van der Waals surface area contributed by atoms with Crippen molar-refractivity contribution in [3.05, 3.63) is 89.5 Å². The van der Waals surface area contributed by atoms with E-state index in [1.807, 2.05) is 24.3 Å². The molecule has 2 amide bonds. The highest BCUT2D eigenvalue weighted by Crippen LogP contribution is 2.29. The Bertz CT molecular complexity index is 1230. The number of amides is 2. The molecule has 0 aromatic heterocycles. The topological polar surface area (TPSA) is 104 Å². The van der Waals surface area contributed by atoms with Crippen LogP contribution in [0, 0.1) is 18.5 Å². The van der Waals surface area contributed by atoms with Crippen LogP contribution < -0.4 is 15.5 Å². The molecule has 0 radical (unpaired) electrons. The molecule has 3 aromatic carbocycles. The molecule has 10 heteroatoms. The van der Waals surface area contributed by atoms with Crippen LogP contribution in [0.5, 0.6) is 5.75 Å². The number of nitriles is 1. The number of hydrogen-bond donors (Lipinski definition) is 2. The Labute approximate surface area is 228 Å². The smallest absolute Gasteiger partial charge is 0.249 e. The van der Waals surface area contributed by atoms with Crippen LogP contribution in [0.1, 0.15) is 23.1 Å². The van der Waals surface area contributed by atoms with E-state index in [4.69, 9.17) is 21.6 Å². The summed E-state index contributed by atoms with van der Waals surface area (Å²) < 4.78 is 7.73. The number of rotatable bonds is 8. The van der Waals surface area contributed by atoms with Crippen molar-refractivity contribution in [2.75, 3.05) is 5.32 Å². The van der Waals surface area contributed by atoms with E-state index in [0.29, 0.717) is 22.9 Å². The van der Waals surface area contributed by atoms with Crippen molar-refractivity contribution in [2.45, 2.75) is 13.0 Å². The summed E-state index contributed by atoms with van der Waals surface area (Å²) in [6.07, 6.45) is 1.14. The SMILES string of the molecule is N#Cc1ccc(COc2c(I)cc(C=NNC(=O)CC(=O)Nc3ccc(Cl)cc3)cc2I)cc1. The van der Waals surface area contributed by atoms with Gasteiger partial charge in [-0.2, -0.15) is 10.4 Å². The van der Waals surface area contributed by atoms with Gasteiger partial charge in [0.1, 0.15) is 18.8 Å². The number of hydrazone groups is 1. The third kappa shape index (κ3) is 7.96. The zero-order chi connectivity index (χ0) is 24.5. The van der Waals surface area contributed by atoms with Gasteiger partial charge in [0, 0.05) is 10.7 Å². The first-order valence-corrected chi connectivity index (χ1v) is 12.4. The molecule has 2 N–H and O–H groups in total. The molecule has 0 aliphatic carbocycles. The molecule has 3 rings (SSSR count). The molecule has 0 unspecified atom stereocenters. The molecule has 0 bridgehead atoms. The molecule has 0 saturated heterocycles. The molecule has 0 aliphatic heterocycles. The van der Waals surface area contributed by atoms with E-state index in [1.165, 1.54) is 6.21 Å². The Morgan fingerprint density at radius 1 is 1.03 bits per heavy atom. The average molecular weight is 699 g/mol. The third-order valence-corrected chi connectivity index (χ3v) is 6.19. The average Bonchev–Trinajstić information content (AvgIpc) is 2.80. The standard InChI is InChI=1S/C24H17ClI2N4O3/c25-18-5-7-19(8-6-18)30-22(32)11-23(33)31-29-13-17-9-20(26)24(21(27)10-17)34-14-16-3-1-15(12-28)2-4-16/h1-10,13H,11,14H2,(H,30,32)(H,31,33). The summed E-state index contributed by atoms with van der Waals surface area (Å²) in [6, 6.07) is 19.7. The summed E-state index contributed by atoms with van der Waals surface area (Å²) in [6.45, 7) is 0.374. The zero-order valence-electron chi connectivity index (χ0n) is 17.5. The van der Waals surface area contributed by atoms with Gasteiger partial charge in [-0.25, -0.2) is 5.43 Å². The summed E-state index contributed by atoms with van der Waals surface area (Å²) in [5.74, 6) is -0.247. The summed E-state index contributed by atoms with van der Waals surface area (Å²) in [5.41, 5.74) is 5.24. The van der Waals surface area contributed by atoms with Crippen LogP contribution in [-0.2, 0) is 16.2 Å². The molecule has 172 valence electrons. The lowest BCUT2D eigenvalue weighted by atomic mass is 10.1. The number of halogens is 3. The second-order valence-electron chi connectivity index (χ2n) is 6.94. The highest BCUT2D eigenvalue weighted by Gasteiger charge is 2.11. The third-order valence-electron chi connectivity index (χ3n) is 4.34. The van der Waals surface area contributed by atoms with E-state index in [1.54, 1.807) is 36.4 Å². The maximum absolute atomic E-state index is 12.0. The van der Waals surface area contributed by atoms with E-state index in [-0.39, 0.29) is 6.42 Å². The Morgan fingerprint density at radius 2 is 1.68 bits per heavy atom. The van der Waals surface area contributed by atoms with Gasteiger partial charge < -0.3 is 10.1 Å². The summed E-state index contributed by atoms with van der Waals surface area (Å²) in [5, 5.41) is 16.0. The second-order valence-corrected chi connectivity index (χ2v) is 9.70. The van der Waals surface area contributed by atoms with Gasteiger partial charge in [-0.05, 0) is 105 Å². The van der Waals surface area contributed by atoms with Crippen molar-refractivity contribution >= 4 is 80.5 Å². The van der Waals surface area contributed by atoms with Crippen LogP contribution in [0.15, 0.2) is 65.8 Å². The first-order valence-electron chi connectivity index (χ1n) is 9.82. The lowest BCUT2D eigenvalue weighted by Crippen LogP contribution is -2.24. The minimum absolute atomic E-state index is 0.364. The summed E-state index contributed by atoms with van der Waals surface area (Å²) in [7, 11) is 0. The van der Waals surface area contributed by atoms with E-state index in [9.17, 15) is 9.59 Å². The van der Waals surface area contributed by atoms with Crippen molar-refractivity contribution < 1.29 is 14.3 Å². The molecular weight excluding hydrogens is 682 g/mol. The molecule has 7 nitrogen and oxygen atoms in total. The number of benzene rings is 3. The zero-order valence-corrected chi connectivity index (χ0v) is 22.6. The molecule has 0 fully saturated rings. The number of ether oxygens (including phenoxy) is 1. The molecule has 0 aliphatic rings. The molecule has 0 atom stereocenters. The van der Waals surface area contributed by atoms with Gasteiger partial charge in [0.25, 0.3) is 0 Å². The second kappa shape index (κ2) is 12.7. The van der Waals surface area contributed by atoms with Crippen molar-refractivity contribution in [3.8, 4) is 11.8 Å². The minimum Gasteiger partial charge on any atom is -0.487 e. The summed E-state index contributed by atoms with van der Waals surface area (Å²) in [4.78, 5) is 24.0. The van der Waals surface area contributed by atoms with Crippen LogP contribution in [-0.4, -0.2) is 18.0 Å². The van der Waals surface area contributed by atoms with Crippen LogP contribution in [0.4, 0.5) is 5.69 Å². The number of carbonyl (C=O) groups is 2. The molecule has 0 spiro atoms. The first-order chi connectivity index (χ1) is 16.3. The number of anilines is 1. The highest BCUT2D eigenvalue weighted by atomic mass is 127. The van der Waals surface area contributed by atoms with Crippen LogP contribution >= 0.6 is 56.8 Å². The van der Waals surface area contributed by atoms with Crippen molar-refractivity contribution in [1.82, 2.24) is 5.43 Å². The van der Waals surface area contributed by atoms with Gasteiger partial charge in [-0.15, -0.1) is 0 Å². The molecule has 0 heterocycles. The van der Waals surface area contributed by atoms with Gasteiger partial charge in [0.05, 0.1) is 25.0 Å². The Balaban J connectivity index is 1.52. The molecular formula is C24H17ClI2N4O3. The van der Waals surface area contributed by atoms with Crippen LogP contribution in [0.2, 0.25) is 5.02 Å². The largest absolute Gasteiger partial charge is 0.487 e. The maximum atomic E-state index is 12.0. The molecule has 34 heavy (non-hydrogen) atoms. The lowest BCUT2D eigenvalue weighted by Gasteiger charge is -2.11. The van der Waals surface area contributed by atoms with Crippen LogP contribution in [0.3, 0.4) is 0 Å².